The number of ketones is 1. The number of carbonyl (C=O) groups excluding carboxylic acids is 1. The van der Waals surface area contributed by atoms with Gasteiger partial charge in [0.15, 0.2) is 0 Å². The minimum Gasteiger partial charge on any atom is -0.299 e. The molecule has 0 aromatic carbocycles. The van der Waals surface area contributed by atoms with Crippen molar-refractivity contribution < 1.29 is 4.79 Å². The molecule has 0 unspecified atom stereocenters. The minimum absolute atomic E-state index is 0.231. The molecule has 68 valence electrons. The van der Waals surface area contributed by atoms with E-state index in [4.69, 9.17) is 0 Å². The highest BCUT2D eigenvalue weighted by Gasteiger charge is 2.31. The molecule has 0 N–H and O–H groups in total. The van der Waals surface area contributed by atoms with Crippen LogP contribution in [0, 0.1) is 11.8 Å². The Balaban J connectivity index is 2.93. The first kappa shape index (κ1) is 9.50. The molecule has 0 amide bonds. The molecule has 1 heteroatoms. The fourth-order valence-electron chi connectivity index (χ4n) is 2.26. The van der Waals surface area contributed by atoms with E-state index in [2.05, 4.69) is 20.8 Å². The summed E-state index contributed by atoms with van der Waals surface area (Å²) in [6, 6.07) is 0. The molecular formula is C11H18O. The molecule has 1 nitrogen and oxygen atoms in total. The van der Waals surface area contributed by atoms with Gasteiger partial charge in [-0.2, -0.15) is 0 Å². The van der Waals surface area contributed by atoms with E-state index in [1.54, 1.807) is 6.92 Å². The average Bonchev–Trinajstić information content (AvgIpc) is 2.30. The fraction of sp³-hybridized carbons (Fsp3) is 0.727. The summed E-state index contributed by atoms with van der Waals surface area (Å²) < 4.78 is 0. The van der Waals surface area contributed by atoms with E-state index in [0.29, 0.717) is 11.7 Å². The molecule has 0 spiro atoms. The Hall–Kier alpha value is -0.590. The van der Waals surface area contributed by atoms with Gasteiger partial charge >= 0.3 is 0 Å². The molecule has 0 saturated heterocycles. The van der Waals surface area contributed by atoms with Crippen LogP contribution in [-0.4, -0.2) is 5.78 Å². The van der Waals surface area contributed by atoms with Crippen molar-refractivity contribution in [1.82, 2.24) is 0 Å². The number of hydrogen-bond donors (Lipinski definition) is 0. The fourth-order valence-corrected chi connectivity index (χ4v) is 2.26. The van der Waals surface area contributed by atoms with Gasteiger partial charge in [0.05, 0.1) is 0 Å². The summed E-state index contributed by atoms with van der Waals surface area (Å²) in [5.41, 5.74) is 2.74. The maximum absolute atomic E-state index is 11.3. The third-order valence-corrected chi connectivity index (χ3v) is 2.89. The quantitative estimate of drug-likeness (QED) is 0.547. The Bertz CT molecular complexity index is 221. The van der Waals surface area contributed by atoms with Crippen molar-refractivity contribution in [1.29, 1.82) is 0 Å². The Morgan fingerprint density at radius 1 is 1.33 bits per heavy atom. The van der Waals surface area contributed by atoms with E-state index >= 15 is 0 Å². The van der Waals surface area contributed by atoms with Crippen molar-refractivity contribution in [3.05, 3.63) is 11.1 Å². The maximum Gasteiger partial charge on any atom is 0.137 e. The molecule has 1 aliphatic rings. The van der Waals surface area contributed by atoms with Gasteiger partial charge in [0.25, 0.3) is 0 Å². The maximum atomic E-state index is 11.3. The van der Waals surface area contributed by atoms with Crippen LogP contribution in [0.25, 0.3) is 0 Å². The monoisotopic (exact) mass is 166 g/mol. The van der Waals surface area contributed by atoms with Crippen molar-refractivity contribution in [2.75, 3.05) is 0 Å². The van der Waals surface area contributed by atoms with Crippen LogP contribution < -0.4 is 0 Å². The van der Waals surface area contributed by atoms with Crippen LogP contribution in [0.5, 0.6) is 0 Å². The molecule has 12 heavy (non-hydrogen) atoms. The van der Waals surface area contributed by atoms with Crippen LogP contribution in [0.4, 0.5) is 0 Å². The van der Waals surface area contributed by atoms with Crippen molar-refractivity contribution >= 4 is 5.78 Å². The second-order valence-electron chi connectivity index (χ2n) is 4.13. The summed E-state index contributed by atoms with van der Waals surface area (Å²) in [6.45, 7) is 8.13. The third-order valence-electron chi connectivity index (χ3n) is 2.89. The van der Waals surface area contributed by atoms with E-state index in [1.165, 1.54) is 17.6 Å². The zero-order valence-corrected chi connectivity index (χ0v) is 8.48. The summed E-state index contributed by atoms with van der Waals surface area (Å²) >= 11 is 0. The standard InChI is InChI=1S/C11H18O/c1-7(2)10-6-5-8(3)11(10)9(4)12/h8,11H,5-6H2,1-4H3/t8-,11-/m0/s1. The van der Waals surface area contributed by atoms with Crippen LogP contribution >= 0.6 is 0 Å². The number of carbonyl (C=O) groups is 1. The van der Waals surface area contributed by atoms with Gasteiger partial charge in [-0.3, -0.25) is 4.79 Å². The predicted molar refractivity (Wildman–Crippen MR) is 50.9 cm³/mol. The lowest BCUT2D eigenvalue weighted by molar-refractivity contribution is -0.120. The first-order valence-corrected chi connectivity index (χ1v) is 4.70. The lowest BCUT2D eigenvalue weighted by atomic mass is 9.89. The van der Waals surface area contributed by atoms with Gasteiger partial charge in [-0.15, -0.1) is 0 Å². The van der Waals surface area contributed by atoms with Crippen molar-refractivity contribution in [3.63, 3.8) is 0 Å². The van der Waals surface area contributed by atoms with E-state index in [9.17, 15) is 4.79 Å². The summed E-state index contributed by atoms with van der Waals surface area (Å²) in [4.78, 5) is 11.3. The highest BCUT2D eigenvalue weighted by molar-refractivity contribution is 5.82. The van der Waals surface area contributed by atoms with Gasteiger partial charge < -0.3 is 0 Å². The molecule has 0 aromatic heterocycles. The molecule has 1 fully saturated rings. The van der Waals surface area contributed by atoms with Crippen molar-refractivity contribution in [2.24, 2.45) is 11.8 Å². The van der Waals surface area contributed by atoms with Gasteiger partial charge in [-0.1, -0.05) is 18.1 Å². The third kappa shape index (κ3) is 1.60. The topological polar surface area (TPSA) is 17.1 Å². The molecule has 1 rings (SSSR count). The van der Waals surface area contributed by atoms with Crippen LogP contribution in [0.2, 0.25) is 0 Å². The zero-order chi connectivity index (χ0) is 9.30. The molecular weight excluding hydrogens is 148 g/mol. The molecule has 1 aliphatic carbocycles. The molecule has 0 heterocycles. The van der Waals surface area contributed by atoms with E-state index < -0.39 is 0 Å². The first-order valence-electron chi connectivity index (χ1n) is 4.70. The van der Waals surface area contributed by atoms with Crippen LogP contribution in [0.1, 0.15) is 40.5 Å². The van der Waals surface area contributed by atoms with Gasteiger partial charge in [0.1, 0.15) is 5.78 Å². The van der Waals surface area contributed by atoms with Crippen LogP contribution in [0.15, 0.2) is 11.1 Å². The molecule has 2 atom stereocenters. The summed E-state index contributed by atoms with van der Waals surface area (Å²) in [7, 11) is 0. The van der Waals surface area contributed by atoms with Gasteiger partial charge in [-0.05, 0) is 39.5 Å². The number of allylic oxidation sites excluding steroid dienone is 2. The smallest absolute Gasteiger partial charge is 0.137 e. The minimum atomic E-state index is 0.231. The lowest BCUT2D eigenvalue weighted by Gasteiger charge is -2.14. The number of rotatable bonds is 1. The Labute approximate surface area is 74.9 Å². The Morgan fingerprint density at radius 3 is 2.25 bits per heavy atom. The summed E-state index contributed by atoms with van der Waals surface area (Å²) in [6.07, 6.45) is 2.32. The van der Waals surface area contributed by atoms with Crippen LogP contribution in [-0.2, 0) is 4.79 Å². The molecule has 0 aliphatic heterocycles. The predicted octanol–water partition coefficient (Wildman–Crippen LogP) is 2.96. The zero-order valence-electron chi connectivity index (χ0n) is 8.48. The van der Waals surface area contributed by atoms with E-state index in [1.807, 2.05) is 0 Å². The normalized spacial score (nSPS) is 29.2. The summed E-state index contributed by atoms with van der Waals surface area (Å²) in [5, 5.41) is 0. The largest absolute Gasteiger partial charge is 0.299 e. The highest BCUT2D eigenvalue weighted by atomic mass is 16.1. The Kier molecular flexibility index (Phi) is 2.71. The first-order chi connectivity index (χ1) is 5.54. The average molecular weight is 166 g/mol. The highest BCUT2D eigenvalue weighted by Crippen LogP contribution is 2.38. The van der Waals surface area contributed by atoms with Crippen LogP contribution in [0.3, 0.4) is 0 Å². The second kappa shape index (κ2) is 3.42. The Morgan fingerprint density at radius 2 is 1.92 bits per heavy atom. The van der Waals surface area contributed by atoms with Gasteiger partial charge in [0.2, 0.25) is 0 Å². The SMILES string of the molecule is CC(=O)[C@H]1C(=C(C)C)CC[C@@H]1C. The van der Waals surface area contributed by atoms with Gasteiger partial charge in [-0.25, -0.2) is 0 Å². The molecule has 0 aromatic rings. The second-order valence-corrected chi connectivity index (χ2v) is 4.13. The number of Topliss-reactive ketones (excluding diaryl/α,β-unsaturated/α-hetero) is 1. The van der Waals surface area contributed by atoms with Crippen molar-refractivity contribution in [2.45, 2.75) is 40.5 Å². The summed E-state index contributed by atoms with van der Waals surface area (Å²) in [5.74, 6) is 1.14. The molecule has 0 radical (unpaired) electrons. The van der Waals surface area contributed by atoms with E-state index in [-0.39, 0.29) is 5.92 Å². The van der Waals surface area contributed by atoms with Gasteiger partial charge in [0, 0.05) is 5.92 Å². The van der Waals surface area contributed by atoms with E-state index in [0.717, 1.165) is 6.42 Å². The number of hydrogen-bond acceptors (Lipinski definition) is 1. The molecule has 1 saturated carbocycles. The lowest BCUT2D eigenvalue weighted by Crippen LogP contribution is -2.15. The molecule has 0 bridgehead atoms. The van der Waals surface area contributed by atoms with Crippen molar-refractivity contribution in [3.8, 4) is 0 Å².